The molecule has 1 unspecified atom stereocenters. The van der Waals surface area contributed by atoms with E-state index in [2.05, 4.69) is 48.1 Å². The van der Waals surface area contributed by atoms with Crippen molar-refractivity contribution in [2.24, 2.45) is 0 Å². The van der Waals surface area contributed by atoms with Gasteiger partial charge in [0.2, 0.25) is 0 Å². The molecular weight excluding hydrogens is 737 g/mol. The minimum absolute atomic E-state index is 0.00132. The van der Waals surface area contributed by atoms with Crippen molar-refractivity contribution in [3.05, 3.63) is 131 Å². The molecule has 0 amide bonds. The maximum absolute atomic E-state index is 12.7. The number of esters is 3. The summed E-state index contributed by atoms with van der Waals surface area (Å²) in [6.45, 7) is 2.40. The van der Waals surface area contributed by atoms with Crippen LogP contribution in [0.15, 0.2) is 103 Å². The lowest BCUT2D eigenvalue weighted by atomic mass is 9.80. The molecule has 58 heavy (non-hydrogen) atoms. The zero-order valence-electron chi connectivity index (χ0n) is 33.3. The molecule has 300 valence electrons. The summed E-state index contributed by atoms with van der Waals surface area (Å²) in [4.78, 5) is 36.1. The van der Waals surface area contributed by atoms with E-state index in [1.165, 1.54) is 7.11 Å². The van der Waals surface area contributed by atoms with Crippen LogP contribution in [0.25, 0.3) is 28.0 Å². The Kier molecular flexibility index (Phi) is 12.1. The van der Waals surface area contributed by atoms with E-state index >= 15 is 0 Å². The van der Waals surface area contributed by atoms with Crippen molar-refractivity contribution < 1.29 is 47.5 Å². The Balaban J connectivity index is 1.13. The number of carbonyl (C=O) groups is 3. The van der Waals surface area contributed by atoms with Gasteiger partial charge in [-0.05, 0) is 78.6 Å². The number of methoxy groups -OCH3 is 3. The van der Waals surface area contributed by atoms with Crippen LogP contribution in [-0.4, -0.2) is 59.1 Å². The molecule has 10 nitrogen and oxygen atoms in total. The molecule has 0 N–H and O–H groups in total. The molecule has 0 saturated carbocycles. The van der Waals surface area contributed by atoms with Crippen molar-refractivity contribution in [1.82, 2.24) is 0 Å². The first-order chi connectivity index (χ1) is 28.2. The number of hydrogen-bond donors (Lipinski definition) is 0. The van der Waals surface area contributed by atoms with E-state index in [0.29, 0.717) is 19.3 Å². The summed E-state index contributed by atoms with van der Waals surface area (Å²) in [7, 11) is 4.66. The molecular formula is C48H48O10. The summed E-state index contributed by atoms with van der Waals surface area (Å²) in [5.74, 6) is 0.976. The summed E-state index contributed by atoms with van der Waals surface area (Å²) in [5, 5.41) is 2.00. The van der Waals surface area contributed by atoms with Crippen molar-refractivity contribution in [3.8, 4) is 28.4 Å². The van der Waals surface area contributed by atoms with E-state index in [0.717, 1.165) is 73.4 Å². The molecule has 1 atom stereocenters. The number of hydrogen-bond acceptors (Lipinski definition) is 10. The Morgan fingerprint density at radius 2 is 1.22 bits per heavy atom. The van der Waals surface area contributed by atoms with Crippen molar-refractivity contribution in [2.45, 2.75) is 56.7 Å². The monoisotopic (exact) mass is 784 g/mol. The van der Waals surface area contributed by atoms with E-state index in [9.17, 15) is 14.4 Å². The van der Waals surface area contributed by atoms with Gasteiger partial charge >= 0.3 is 17.9 Å². The van der Waals surface area contributed by atoms with Gasteiger partial charge in [-0.2, -0.15) is 0 Å². The van der Waals surface area contributed by atoms with Gasteiger partial charge in [-0.25, -0.2) is 0 Å². The minimum Gasteiger partial charge on any atom is -0.497 e. The van der Waals surface area contributed by atoms with E-state index in [4.69, 9.17) is 28.4 Å². The van der Waals surface area contributed by atoms with Crippen LogP contribution < -0.4 is 14.2 Å². The first-order valence-corrected chi connectivity index (χ1v) is 19.6. The fraction of sp³-hybridized carbons (Fsp3) is 0.312. The van der Waals surface area contributed by atoms with Gasteiger partial charge in [-0.1, -0.05) is 78.9 Å². The molecule has 0 aromatic heterocycles. The fourth-order valence-electron chi connectivity index (χ4n) is 8.01. The molecule has 0 saturated heterocycles. The predicted octanol–water partition coefficient (Wildman–Crippen LogP) is 9.07. The highest BCUT2D eigenvalue weighted by Crippen LogP contribution is 2.58. The molecule has 0 fully saturated rings. The first kappa shape index (κ1) is 40.1. The Morgan fingerprint density at radius 3 is 1.86 bits per heavy atom. The largest absolute Gasteiger partial charge is 0.497 e. The van der Waals surface area contributed by atoms with Crippen LogP contribution in [0.4, 0.5) is 0 Å². The average Bonchev–Trinajstić information content (AvgIpc) is 3.53. The van der Waals surface area contributed by atoms with Crippen molar-refractivity contribution in [3.63, 3.8) is 0 Å². The van der Waals surface area contributed by atoms with Crippen molar-refractivity contribution >= 4 is 34.8 Å². The van der Waals surface area contributed by atoms with Gasteiger partial charge in [-0.3, -0.25) is 14.4 Å². The van der Waals surface area contributed by atoms with Gasteiger partial charge in [0.15, 0.2) is 5.60 Å². The Bertz CT molecular complexity index is 2260. The van der Waals surface area contributed by atoms with Gasteiger partial charge in [0.1, 0.15) is 29.5 Å². The van der Waals surface area contributed by atoms with Crippen molar-refractivity contribution in [1.29, 1.82) is 0 Å². The Morgan fingerprint density at radius 1 is 0.621 bits per heavy atom. The zero-order chi connectivity index (χ0) is 40.7. The van der Waals surface area contributed by atoms with Gasteiger partial charge in [0.05, 0.1) is 47.4 Å². The van der Waals surface area contributed by atoms with E-state index in [1.807, 2.05) is 72.8 Å². The predicted molar refractivity (Wildman–Crippen MR) is 220 cm³/mol. The van der Waals surface area contributed by atoms with Crippen LogP contribution in [0.5, 0.6) is 17.2 Å². The van der Waals surface area contributed by atoms with Gasteiger partial charge in [0, 0.05) is 34.1 Å². The molecule has 10 heteroatoms. The highest BCUT2D eigenvalue weighted by Gasteiger charge is 2.47. The molecule has 0 bridgehead atoms. The zero-order valence-corrected chi connectivity index (χ0v) is 33.3. The summed E-state index contributed by atoms with van der Waals surface area (Å²) < 4.78 is 40.6. The maximum atomic E-state index is 12.7. The molecule has 1 aliphatic heterocycles. The second kappa shape index (κ2) is 17.6. The third kappa shape index (κ3) is 7.89. The number of rotatable bonds is 17. The van der Waals surface area contributed by atoms with Gasteiger partial charge in [0.25, 0.3) is 0 Å². The Labute approximate surface area is 338 Å². The lowest BCUT2D eigenvalue weighted by molar-refractivity contribution is -0.152. The number of ether oxygens (including phenoxy) is 7. The highest BCUT2D eigenvalue weighted by atomic mass is 16.6. The molecule has 1 heterocycles. The minimum atomic E-state index is -0.988. The Hall–Kier alpha value is -6.13. The molecule has 1 aliphatic carbocycles. The quantitative estimate of drug-likeness (QED) is 0.0514. The van der Waals surface area contributed by atoms with Crippen LogP contribution in [0, 0.1) is 0 Å². The number of benzene rings is 5. The maximum Gasteiger partial charge on any atom is 0.306 e. The third-order valence-electron chi connectivity index (χ3n) is 11.0. The summed E-state index contributed by atoms with van der Waals surface area (Å²) in [6.07, 6.45) is 6.42. The molecule has 7 rings (SSSR count). The summed E-state index contributed by atoms with van der Waals surface area (Å²) in [5.41, 5.74) is 4.94. The summed E-state index contributed by atoms with van der Waals surface area (Å²) >= 11 is 0. The summed E-state index contributed by atoms with van der Waals surface area (Å²) in [6, 6.07) is 32.4. The average molecular weight is 785 g/mol. The van der Waals surface area contributed by atoms with Gasteiger partial charge < -0.3 is 33.2 Å². The van der Waals surface area contributed by atoms with E-state index in [1.54, 1.807) is 14.2 Å². The SMILES string of the molecule is COC(=O)CCCCCOC(=O)CCC(=O)OCCOC1(C)c2ccccc2-c2c1c1c(c3ccccc23)OC(c2ccc(OC)cc2)(c2ccc(OC)cc2)C=C1. The molecule has 0 spiro atoms. The molecule has 5 aromatic carbocycles. The lowest BCUT2D eigenvalue weighted by Gasteiger charge is -2.39. The van der Waals surface area contributed by atoms with E-state index < -0.39 is 23.1 Å². The van der Waals surface area contributed by atoms with Crippen LogP contribution in [-0.2, 0) is 44.5 Å². The molecule has 0 radical (unpaired) electrons. The van der Waals surface area contributed by atoms with Crippen LogP contribution >= 0.6 is 0 Å². The number of fused-ring (bicyclic) bond motifs is 8. The van der Waals surface area contributed by atoms with Crippen molar-refractivity contribution in [2.75, 3.05) is 41.2 Å². The standard InChI is InChI=1S/C48H48O10/c1-47(57-31-30-56-43(51)26-25-42(50)55-29-11-5-6-16-41(49)54-4)40-15-10-9-14-38(40)44-36-12-7-8-13-37(36)46-39(45(44)47)27-28-48(58-46,32-17-21-34(52-2)22-18-32)33-19-23-35(53-3)24-20-33/h7-10,12-15,17-24,27-28H,5-6,11,16,25-26,29-31H2,1-4H3. The second-order valence-electron chi connectivity index (χ2n) is 14.4. The third-order valence-corrected chi connectivity index (χ3v) is 11.0. The number of unbranched alkanes of at least 4 members (excludes halogenated alkanes) is 2. The number of carbonyl (C=O) groups excluding carboxylic acids is 3. The smallest absolute Gasteiger partial charge is 0.306 e. The lowest BCUT2D eigenvalue weighted by Crippen LogP contribution is -2.35. The van der Waals surface area contributed by atoms with Crippen LogP contribution in [0.1, 0.15) is 73.3 Å². The van der Waals surface area contributed by atoms with Crippen LogP contribution in [0.3, 0.4) is 0 Å². The van der Waals surface area contributed by atoms with E-state index in [-0.39, 0.29) is 38.6 Å². The second-order valence-corrected chi connectivity index (χ2v) is 14.4. The topological polar surface area (TPSA) is 116 Å². The molecule has 5 aromatic rings. The molecule has 2 aliphatic rings. The first-order valence-electron chi connectivity index (χ1n) is 19.6. The highest BCUT2D eigenvalue weighted by molar-refractivity contribution is 6.08. The van der Waals surface area contributed by atoms with Gasteiger partial charge in [-0.15, -0.1) is 0 Å². The fourth-order valence-corrected chi connectivity index (χ4v) is 8.01. The normalized spacial score (nSPS) is 15.7. The van der Waals surface area contributed by atoms with Crippen LogP contribution in [0.2, 0.25) is 0 Å².